The van der Waals surface area contributed by atoms with Crippen molar-refractivity contribution in [2.75, 3.05) is 19.7 Å². The third-order valence-electron chi connectivity index (χ3n) is 4.13. The van der Waals surface area contributed by atoms with Crippen molar-refractivity contribution in [2.45, 2.75) is 32.5 Å². The largest absolute Gasteiger partial charge is 0.450 e. The number of pyridine rings is 1. The summed E-state index contributed by atoms with van der Waals surface area (Å²) in [6, 6.07) is 6.09. The molecule has 1 aliphatic heterocycles. The van der Waals surface area contributed by atoms with Gasteiger partial charge >= 0.3 is 6.09 Å². The zero-order chi connectivity index (χ0) is 16.8. The Morgan fingerprint density at radius 1 is 1.33 bits per heavy atom. The highest BCUT2D eigenvalue weighted by molar-refractivity contribution is 5.67. The summed E-state index contributed by atoms with van der Waals surface area (Å²) < 4.78 is 6.96. The smallest absolute Gasteiger partial charge is 0.407 e. The molecular formula is C17H23N5O2. The number of carbonyl (C=O) groups excluding carboxylic acids is 1. The topological polar surface area (TPSA) is 72.3 Å². The number of nitrogens with zero attached hydrogens (tertiary/aromatic N) is 4. The first-order valence-electron chi connectivity index (χ1n) is 8.34. The Morgan fingerprint density at radius 3 is 2.96 bits per heavy atom. The maximum atomic E-state index is 11.6. The van der Waals surface area contributed by atoms with Gasteiger partial charge in [0.15, 0.2) is 0 Å². The van der Waals surface area contributed by atoms with Gasteiger partial charge in [-0.3, -0.25) is 14.6 Å². The van der Waals surface area contributed by atoms with Gasteiger partial charge in [-0.25, -0.2) is 4.79 Å². The predicted molar refractivity (Wildman–Crippen MR) is 90.2 cm³/mol. The lowest BCUT2D eigenvalue weighted by atomic mass is 10.1. The average molecular weight is 329 g/mol. The number of carbonyl (C=O) groups is 1. The van der Waals surface area contributed by atoms with E-state index >= 15 is 0 Å². The van der Waals surface area contributed by atoms with E-state index in [0.717, 1.165) is 37.2 Å². The van der Waals surface area contributed by atoms with Gasteiger partial charge in [0.25, 0.3) is 0 Å². The summed E-state index contributed by atoms with van der Waals surface area (Å²) in [5.41, 5.74) is 2.17. The first-order valence-corrected chi connectivity index (χ1v) is 8.34. The van der Waals surface area contributed by atoms with Crippen molar-refractivity contribution in [3.05, 3.63) is 36.8 Å². The first kappa shape index (κ1) is 16.4. The molecule has 7 nitrogen and oxygen atoms in total. The number of hydrogen-bond acceptors (Lipinski definition) is 5. The lowest BCUT2D eigenvalue weighted by Gasteiger charge is -2.33. The van der Waals surface area contributed by atoms with Crippen molar-refractivity contribution in [2.24, 2.45) is 0 Å². The fourth-order valence-corrected chi connectivity index (χ4v) is 3.04. The van der Waals surface area contributed by atoms with Gasteiger partial charge in [-0.1, -0.05) is 0 Å². The van der Waals surface area contributed by atoms with E-state index < -0.39 is 0 Å². The van der Waals surface area contributed by atoms with Crippen molar-refractivity contribution < 1.29 is 9.53 Å². The summed E-state index contributed by atoms with van der Waals surface area (Å²) in [6.45, 7) is 4.70. The molecule has 1 N–H and O–H groups in total. The van der Waals surface area contributed by atoms with E-state index in [9.17, 15) is 4.79 Å². The second-order valence-electron chi connectivity index (χ2n) is 5.87. The molecule has 0 aromatic carbocycles. The molecule has 0 unspecified atom stereocenters. The minimum Gasteiger partial charge on any atom is -0.450 e. The van der Waals surface area contributed by atoms with Gasteiger partial charge < -0.3 is 10.1 Å². The average Bonchev–Trinajstić information content (AvgIpc) is 3.04. The van der Waals surface area contributed by atoms with Crippen LogP contribution in [-0.2, 0) is 11.4 Å². The molecule has 2 aromatic rings. The van der Waals surface area contributed by atoms with Gasteiger partial charge in [-0.15, -0.1) is 0 Å². The van der Waals surface area contributed by atoms with E-state index in [1.807, 2.05) is 36.0 Å². The van der Waals surface area contributed by atoms with Gasteiger partial charge in [0.2, 0.25) is 0 Å². The normalized spacial score (nSPS) is 18.3. The third-order valence-corrected chi connectivity index (χ3v) is 4.13. The second kappa shape index (κ2) is 7.92. The van der Waals surface area contributed by atoms with Crippen LogP contribution >= 0.6 is 0 Å². The Labute approximate surface area is 141 Å². The van der Waals surface area contributed by atoms with Crippen LogP contribution in [0.4, 0.5) is 4.79 Å². The van der Waals surface area contributed by atoms with E-state index in [1.165, 1.54) is 0 Å². The fraction of sp³-hybridized carbons (Fsp3) is 0.471. The Bertz CT molecular complexity index is 658. The zero-order valence-electron chi connectivity index (χ0n) is 13.9. The summed E-state index contributed by atoms with van der Waals surface area (Å²) in [6.07, 6.45) is 7.07. The minimum absolute atomic E-state index is 0.123. The highest BCUT2D eigenvalue weighted by atomic mass is 16.5. The summed E-state index contributed by atoms with van der Waals surface area (Å²) in [5, 5.41) is 7.38. The highest BCUT2D eigenvalue weighted by Crippen LogP contribution is 2.19. The van der Waals surface area contributed by atoms with Crippen LogP contribution in [0.2, 0.25) is 0 Å². The Morgan fingerprint density at radius 2 is 2.17 bits per heavy atom. The number of nitrogens with one attached hydrogen (secondary N) is 1. The maximum absolute atomic E-state index is 11.6. The molecule has 128 valence electrons. The SMILES string of the molecule is CCOC(=O)N[C@H]1CCCN(Cn2nccc2-c2ccncc2)C1. The lowest BCUT2D eigenvalue weighted by Crippen LogP contribution is -2.48. The van der Waals surface area contributed by atoms with Crippen molar-refractivity contribution in [3.8, 4) is 11.3 Å². The van der Waals surface area contributed by atoms with E-state index in [2.05, 4.69) is 20.3 Å². The summed E-state index contributed by atoms with van der Waals surface area (Å²) in [4.78, 5) is 18.0. The number of aromatic nitrogens is 3. The van der Waals surface area contributed by atoms with Gasteiger partial charge in [-0.05, 0) is 38.0 Å². The second-order valence-corrected chi connectivity index (χ2v) is 5.87. The van der Waals surface area contributed by atoms with Crippen LogP contribution in [0.1, 0.15) is 19.8 Å². The summed E-state index contributed by atoms with van der Waals surface area (Å²) >= 11 is 0. The molecule has 0 radical (unpaired) electrons. The molecule has 0 saturated carbocycles. The molecule has 0 aliphatic carbocycles. The minimum atomic E-state index is -0.332. The number of alkyl carbamates (subject to hydrolysis) is 1. The van der Waals surface area contributed by atoms with Gasteiger partial charge in [0, 0.05) is 43.3 Å². The van der Waals surface area contributed by atoms with E-state index in [4.69, 9.17) is 4.74 Å². The number of rotatable bonds is 5. The Hall–Kier alpha value is -2.41. The van der Waals surface area contributed by atoms with Crippen LogP contribution in [0.25, 0.3) is 11.3 Å². The summed E-state index contributed by atoms with van der Waals surface area (Å²) in [5.74, 6) is 0. The van der Waals surface area contributed by atoms with E-state index in [-0.39, 0.29) is 12.1 Å². The van der Waals surface area contributed by atoms with Crippen LogP contribution in [0, 0.1) is 0 Å². The number of ether oxygens (including phenoxy) is 1. The number of likely N-dealkylation sites (tertiary alicyclic amines) is 1. The lowest BCUT2D eigenvalue weighted by molar-refractivity contribution is 0.122. The first-order chi connectivity index (χ1) is 11.8. The molecule has 1 fully saturated rings. The standard InChI is InChI=1S/C17H23N5O2/c1-2-24-17(23)20-15-4-3-11-21(12-15)13-22-16(7-10-19-22)14-5-8-18-9-6-14/h5-10,15H,2-4,11-13H2,1H3,(H,20,23)/t15-/m0/s1. The van der Waals surface area contributed by atoms with Crippen molar-refractivity contribution in [3.63, 3.8) is 0 Å². The van der Waals surface area contributed by atoms with Gasteiger partial charge in [0.1, 0.15) is 0 Å². The molecule has 24 heavy (non-hydrogen) atoms. The quantitative estimate of drug-likeness (QED) is 0.909. The Balaban J connectivity index is 1.62. The molecule has 2 aromatic heterocycles. The van der Waals surface area contributed by atoms with E-state index in [1.54, 1.807) is 12.4 Å². The molecule has 7 heteroatoms. The number of piperidine rings is 1. The van der Waals surface area contributed by atoms with E-state index in [0.29, 0.717) is 13.3 Å². The molecule has 1 amide bonds. The third kappa shape index (κ3) is 4.11. The fourth-order valence-electron chi connectivity index (χ4n) is 3.04. The number of hydrogen-bond donors (Lipinski definition) is 1. The molecular weight excluding hydrogens is 306 g/mol. The van der Waals surface area contributed by atoms with Crippen molar-refractivity contribution in [1.82, 2.24) is 25.0 Å². The molecule has 1 atom stereocenters. The highest BCUT2D eigenvalue weighted by Gasteiger charge is 2.22. The monoisotopic (exact) mass is 329 g/mol. The van der Waals surface area contributed by atoms with Crippen LogP contribution in [0.15, 0.2) is 36.8 Å². The van der Waals surface area contributed by atoms with Crippen LogP contribution in [-0.4, -0.2) is 51.5 Å². The van der Waals surface area contributed by atoms with Crippen LogP contribution in [0.3, 0.4) is 0 Å². The molecule has 3 rings (SSSR count). The molecule has 1 aliphatic rings. The number of amides is 1. The summed E-state index contributed by atoms with van der Waals surface area (Å²) in [7, 11) is 0. The molecule has 0 spiro atoms. The molecule has 3 heterocycles. The van der Waals surface area contributed by atoms with Gasteiger partial charge in [0.05, 0.1) is 19.0 Å². The maximum Gasteiger partial charge on any atom is 0.407 e. The van der Waals surface area contributed by atoms with Crippen LogP contribution < -0.4 is 5.32 Å². The molecule has 1 saturated heterocycles. The van der Waals surface area contributed by atoms with Crippen molar-refractivity contribution >= 4 is 6.09 Å². The van der Waals surface area contributed by atoms with Crippen LogP contribution in [0.5, 0.6) is 0 Å². The predicted octanol–water partition coefficient (Wildman–Crippen LogP) is 2.11. The van der Waals surface area contributed by atoms with Crippen molar-refractivity contribution in [1.29, 1.82) is 0 Å². The Kier molecular flexibility index (Phi) is 5.43. The molecule has 0 bridgehead atoms. The zero-order valence-corrected chi connectivity index (χ0v) is 13.9. The van der Waals surface area contributed by atoms with Gasteiger partial charge in [-0.2, -0.15) is 5.10 Å².